The number of carbonyl (C=O) groups is 1. The van der Waals surface area contributed by atoms with E-state index >= 15 is 0 Å². The van der Waals surface area contributed by atoms with Gasteiger partial charge in [0.2, 0.25) is 5.91 Å². The molecule has 3 nitrogen and oxygen atoms in total. The molecule has 0 aliphatic carbocycles. The Balaban J connectivity index is 2.26. The third-order valence-corrected chi connectivity index (χ3v) is 1.96. The molecule has 1 heterocycles. The zero-order chi connectivity index (χ0) is 6.69. The average molecular weight is 147 g/mol. The van der Waals surface area contributed by atoms with Crippen LogP contribution in [0.25, 0.3) is 0 Å². The van der Waals surface area contributed by atoms with Crippen LogP contribution < -0.4 is 5.32 Å². The Morgan fingerprint density at radius 2 is 2.67 bits per heavy atom. The van der Waals surface area contributed by atoms with Crippen LogP contribution in [0.3, 0.4) is 0 Å². The Hall–Kier alpha value is -0.220. The minimum Gasteiger partial charge on any atom is -0.356 e. The molecular weight excluding hydrogens is 138 g/mol. The lowest BCUT2D eigenvalue weighted by molar-refractivity contribution is -0.130. The second-order valence-corrected chi connectivity index (χ2v) is 2.78. The second kappa shape index (κ2) is 3.08. The van der Waals surface area contributed by atoms with Gasteiger partial charge in [0, 0.05) is 0 Å². The first-order valence-corrected chi connectivity index (χ1v) is 4.03. The summed E-state index contributed by atoms with van der Waals surface area (Å²) in [4.78, 5) is 10.5. The molecule has 0 saturated carbocycles. The van der Waals surface area contributed by atoms with Crippen molar-refractivity contribution in [1.29, 1.82) is 0 Å². The molecule has 0 aromatic heterocycles. The van der Waals surface area contributed by atoms with Crippen LogP contribution in [0.5, 0.6) is 0 Å². The van der Waals surface area contributed by atoms with E-state index in [1.54, 1.807) is 11.8 Å². The summed E-state index contributed by atoms with van der Waals surface area (Å²) in [6.07, 6.45) is 1.96. The predicted octanol–water partition coefficient (Wildman–Crippen LogP) is -0.178. The first kappa shape index (κ1) is 6.89. The fourth-order valence-electron chi connectivity index (χ4n) is 0.627. The third-order valence-electron chi connectivity index (χ3n) is 1.13. The van der Waals surface area contributed by atoms with E-state index in [4.69, 9.17) is 4.74 Å². The third kappa shape index (κ3) is 1.87. The van der Waals surface area contributed by atoms with Gasteiger partial charge in [0.15, 0.2) is 0 Å². The molecule has 0 aromatic rings. The average Bonchev–Trinajstić information content (AvgIpc) is 1.90. The van der Waals surface area contributed by atoms with E-state index in [-0.39, 0.29) is 18.0 Å². The van der Waals surface area contributed by atoms with Gasteiger partial charge in [-0.15, -0.1) is 11.8 Å². The number of morpholine rings is 1. The number of nitrogens with one attached hydrogen (secondary N) is 1. The van der Waals surface area contributed by atoms with Gasteiger partial charge in [0.1, 0.15) is 12.0 Å². The summed E-state index contributed by atoms with van der Waals surface area (Å²) in [6.45, 7) is 0.853. The molecule has 1 amide bonds. The van der Waals surface area contributed by atoms with Gasteiger partial charge in [-0.1, -0.05) is 0 Å². The zero-order valence-electron chi connectivity index (χ0n) is 5.22. The molecule has 1 fully saturated rings. The summed E-state index contributed by atoms with van der Waals surface area (Å²) in [7, 11) is 0. The van der Waals surface area contributed by atoms with E-state index in [2.05, 4.69) is 5.32 Å². The molecule has 52 valence electrons. The predicted molar refractivity (Wildman–Crippen MR) is 36.3 cm³/mol. The lowest BCUT2D eigenvalue weighted by atomic mass is 10.5. The van der Waals surface area contributed by atoms with Crippen LogP contribution in [0, 0.1) is 0 Å². The zero-order valence-corrected chi connectivity index (χ0v) is 6.03. The van der Waals surface area contributed by atoms with Crippen LogP contribution in [0.4, 0.5) is 0 Å². The van der Waals surface area contributed by atoms with Gasteiger partial charge in [-0.05, 0) is 6.26 Å². The molecular formula is C5H9NO2S. The van der Waals surface area contributed by atoms with Crippen molar-refractivity contribution in [1.82, 2.24) is 5.32 Å². The smallest absolute Gasteiger partial charge is 0.246 e. The summed E-state index contributed by atoms with van der Waals surface area (Å²) in [5.74, 6) is -0.0136. The van der Waals surface area contributed by atoms with E-state index in [1.165, 1.54) is 0 Å². The minimum absolute atomic E-state index is 0.0136. The van der Waals surface area contributed by atoms with E-state index in [0.717, 1.165) is 0 Å². The number of rotatable bonds is 1. The molecule has 0 radical (unpaired) electrons. The molecule has 1 unspecified atom stereocenters. The van der Waals surface area contributed by atoms with Crippen molar-refractivity contribution < 1.29 is 9.53 Å². The van der Waals surface area contributed by atoms with Gasteiger partial charge in [-0.3, -0.25) is 4.79 Å². The highest BCUT2D eigenvalue weighted by Crippen LogP contribution is 2.08. The molecule has 0 spiro atoms. The Morgan fingerprint density at radius 3 is 3.11 bits per heavy atom. The first-order valence-electron chi connectivity index (χ1n) is 2.74. The van der Waals surface area contributed by atoms with Gasteiger partial charge < -0.3 is 10.1 Å². The highest BCUT2D eigenvalue weighted by molar-refractivity contribution is 7.99. The number of amides is 1. The topological polar surface area (TPSA) is 38.3 Å². The van der Waals surface area contributed by atoms with E-state index < -0.39 is 0 Å². The minimum atomic E-state index is -0.0136. The van der Waals surface area contributed by atoms with Crippen LogP contribution in [-0.2, 0) is 9.53 Å². The summed E-state index contributed by atoms with van der Waals surface area (Å²) in [5, 5.41) is 2.70. The van der Waals surface area contributed by atoms with Crippen molar-refractivity contribution in [3.05, 3.63) is 0 Å². The van der Waals surface area contributed by atoms with Gasteiger partial charge in [0.05, 0.1) is 6.54 Å². The maximum absolute atomic E-state index is 10.5. The molecule has 0 bridgehead atoms. The number of carbonyl (C=O) groups excluding carboxylic acids is 1. The summed E-state index contributed by atoms with van der Waals surface area (Å²) in [6, 6.07) is 0. The van der Waals surface area contributed by atoms with Crippen LogP contribution in [0.1, 0.15) is 0 Å². The maximum Gasteiger partial charge on any atom is 0.246 e. The molecule has 1 rings (SSSR count). The monoisotopic (exact) mass is 147 g/mol. The lowest BCUT2D eigenvalue weighted by Crippen LogP contribution is -2.41. The van der Waals surface area contributed by atoms with Crippen molar-refractivity contribution in [2.75, 3.05) is 19.4 Å². The quantitative estimate of drug-likeness (QED) is 0.559. The Kier molecular flexibility index (Phi) is 2.36. The van der Waals surface area contributed by atoms with Crippen molar-refractivity contribution in [3.8, 4) is 0 Å². The van der Waals surface area contributed by atoms with Crippen molar-refractivity contribution in [2.45, 2.75) is 5.44 Å². The van der Waals surface area contributed by atoms with E-state index in [9.17, 15) is 4.79 Å². The van der Waals surface area contributed by atoms with Crippen LogP contribution >= 0.6 is 11.8 Å². The fourth-order valence-corrected chi connectivity index (χ4v) is 1.08. The van der Waals surface area contributed by atoms with Gasteiger partial charge >= 0.3 is 0 Å². The van der Waals surface area contributed by atoms with Crippen LogP contribution in [0.15, 0.2) is 0 Å². The summed E-state index contributed by atoms with van der Waals surface area (Å²) in [5.41, 5.74) is 0.155. The van der Waals surface area contributed by atoms with E-state index in [1.807, 2.05) is 6.26 Å². The largest absolute Gasteiger partial charge is 0.356 e. The van der Waals surface area contributed by atoms with Crippen LogP contribution in [-0.4, -0.2) is 30.8 Å². The second-order valence-electron chi connectivity index (χ2n) is 1.78. The molecule has 4 heteroatoms. The Bertz CT molecular complexity index is 108. The van der Waals surface area contributed by atoms with Crippen molar-refractivity contribution >= 4 is 17.7 Å². The van der Waals surface area contributed by atoms with Gasteiger partial charge in [0.25, 0.3) is 0 Å². The molecule has 1 saturated heterocycles. The fraction of sp³-hybridized carbons (Fsp3) is 0.800. The van der Waals surface area contributed by atoms with Crippen LogP contribution in [0.2, 0.25) is 0 Å². The van der Waals surface area contributed by atoms with Gasteiger partial charge in [-0.2, -0.15) is 0 Å². The number of hydrogen-bond donors (Lipinski definition) is 1. The summed E-state index contributed by atoms with van der Waals surface area (Å²) < 4.78 is 5.09. The normalized spacial score (nSPS) is 27.7. The molecule has 1 atom stereocenters. The van der Waals surface area contributed by atoms with E-state index in [0.29, 0.717) is 6.54 Å². The number of ether oxygens (including phenoxy) is 1. The highest BCUT2D eigenvalue weighted by Gasteiger charge is 2.15. The molecule has 1 aliphatic rings. The van der Waals surface area contributed by atoms with Crippen molar-refractivity contribution in [3.63, 3.8) is 0 Å². The lowest BCUT2D eigenvalue weighted by Gasteiger charge is -2.20. The molecule has 9 heavy (non-hydrogen) atoms. The Morgan fingerprint density at radius 1 is 1.89 bits per heavy atom. The Labute approximate surface area is 58.1 Å². The molecule has 1 aliphatic heterocycles. The molecule has 0 aromatic carbocycles. The maximum atomic E-state index is 10.5. The first-order chi connectivity index (χ1) is 4.33. The van der Waals surface area contributed by atoms with Gasteiger partial charge in [-0.25, -0.2) is 0 Å². The van der Waals surface area contributed by atoms with Crippen molar-refractivity contribution in [2.24, 2.45) is 0 Å². The SMILES string of the molecule is CSC1CNC(=O)CO1. The standard InChI is InChI=1S/C5H9NO2S/c1-9-5-2-6-4(7)3-8-5/h5H,2-3H2,1H3,(H,6,7). The highest BCUT2D eigenvalue weighted by atomic mass is 32.2. The number of thioether (sulfide) groups is 1. The summed E-state index contributed by atoms with van der Waals surface area (Å²) >= 11 is 1.61. The number of hydrogen-bond acceptors (Lipinski definition) is 3. The molecule has 1 N–H and O–H groups in total.